The highest BCUT2D eigenvalue weighted by atomic mass is 31.2. The van der Waals surface area contributed by atoms with E-state index in [1.165, 1.54) is 321 Å². The van der Waals surface area contributed by atoms with Gasteiger partial charge in [-0.05, 0) is 70.6 Å². The zero-order valence-corrected chi connectivity index (χ0v) is 59.2. The summed E-state index contributed by atoms with van der Waals surface area (Å²) in [4.78, 5) is 23.4. The molecule has 0 rings (SSSR count). The van der Waals surface area contributed by atoms with Gasteiger partial charge in [0, 0.05) is 6.42 Å². The number of carbonyl (C=O) groups is 1. The number of allylic oxidation sites excluding steroid dienone is 7. The fraction of sp³-hybridized carbons (Fsp3) is 0.883. The molecule has 0 aliphatic heterocycles. The maximum Gasteiger partial charge on any atom is 0.472 e. The second-order valence-corrected chi connectivity index (χ2v) is 28.8. The molecule has 9 heteroatoms. The summed E-state index contributed by atoms with van der Waals surface area (Å²) in [5, 5.41) is 14.0. The molecule has 0 fully saturated rings. The fourth-order valence-electron chi connectivity index (χ4n) is 11.6. The minimum atomic E-state index is -4.37. The number of unbranched alkanes of at least 4 members (excludes halogenated alkanes) is 52. The number of carbonyl (C=O) groups excluding carboxylic acids is 1. The molecule has 0 aliphatic carbocycles. The van der Waals surface area contributed by atoms with Crippen LogP contribution in [0.5, 0.6) is 0 Å². The molecule has 0 heterocycles. The Morgan fingerprint density at radius 1 is 0.384 bits per heavy atom. The molecule has 0 aliphatic rings. The van der Waals surface area contributed by atoms with Gasteiger partial charge in [0.05, 0.1) is 39.9 Å². The first-order chi connectivity index (χ1) is 42.0. The number of nitrogens with one attached hydrogen (secondary N) is 1. The van der Waals surface area contributed by atoms with E-state index >= 15 is 0 Å². The summed E-state index contributed by atoms with van der Waals surface area (Å²) in [6, 6.07) is -0.871. The molecule has 3 atom stereocenters. The topological polar surface area (TPSA) is 105 Å². The Morgan fingerprint density at radius 2 is 0.640 bits per heavy atom. The van der Waals surface area contributed by atoms with E-state index in [0.29, 0.717) is 17.4 Å². The number of rotatable bonds is 71. The first-order valence-electron chi connectivity index (χ1n) is 38.0. The third-order valence-corrected chi connectivity index (χ3v) is 18.5. The maximum atomic E-state index is 13.1. The van der Waals surface area contributed by atoms with Crippen molar-refractivity contribution in [2.75, 3.05) is 40.9 Å². The van der Waals surface area contributed by atoms with E-state index in [1.807, 2.05) is 27.2 Å². The number of aliphatic hydroxyl groups excluding tert-OH is 1. The average molecular weight is 1230 g/mol. The van der Waals surface area contributed by atoms with Crippen LogP contribution in [0.4, 0.5) is 0 Å². The highest BCUT2D eigenvalue weighted by Crippen LogP contribution is 2.43. The van der Waals surface area contributed by atoms with Crippen LogP contribution >= 0.6 is 7.82 Å². The normalized spacial score (nSPS) is 13.8. The van der Waals surface area contributed by atoms with Crippen molar-refractivity contribution in [1.29, 1.82) is 0 Å². The molecule has 8 nitrogen and oxygen atoms in total. The van der Waals surface area contributed by atoms with Crippen LogP contribution in [0.2, 0.25) is 0 Å². The van der Waals surface area contributed by atoms with Crippen molar-refractivity contribution in [3.63, 3.8) is 0 Å². The van der Waals surface area contributed by atoms with Crippen molar-refractivity contribution in [2.45, 2.75) is 398 Å². The van der Waals surface area contributed by atoms with Gasteiger partial charge in [0.15, 0.2) is 0 Å². The van der Waals surface area contributed by atoms with Crippen LogP contribution in [-0.2, 0) is 18.4 Å². The van der Waals surface area contributed by atoms with Gasteiger partial charge in [0.2, 0.25) is 5.91 Å². The van der Waals surface area contributed by atoms with Crippen LogP contribution in [0.1, 0.15) is 386 Å². The van der Waals surface area contributed by atoms with E-state index in [9.17, 15) is 19.4 Å². The van der Waals surface area contributed by atoms with E-state index < -0.39 is 20.0 Å². The largest absolute Gasteiger partial charge is 0.472 e. The van der Waals surface area contributed by atoms with Gasteiger partial charge >= 0.3 is 7.82 Å². The molecule has 0 spiro atoms. The molecule has 1 amide bonds. The Morgan fingerprint density at radius 3 is 0.930 bits per heavy atom. The molecule has 0 bridgehead atoms. The van der Waals surface area contributed by atoms with Crippen LogP contribution in [0.25, 0.3) is 0 Å². The smallest absolute Gasteiger partial charge is 0.387 e. The summed E-state index contributed by atoms with van der Waals surface area (Å²) in [6.07, 6.45) is 93.0. The molecular formula is C77H150N2O6P+. The molecule has 3 unspecified atom stereocenters. The Balaban J connectivity index is 4.05. The second kappa shape index (κ2) is 67.8. The summed E-state index contributed by atoms with van der Waals surface area (Å²) in [5.41, 5.74) is 0. The molecule has 0 saturated heterocycles. The first-order valence-corrected chi connectivity index (χ1v) is 39.5. The quantitative estimate of drug-likeness (QED) is 0.0243. The summed E-state index contributed by atoms with van der Waals surface area (Å²) < 4.78 is 23.8. The number of nitrogens with zero attached hydrogens (tertiary/aromatic N) is 1. The maximum absolute atomic E-state index is 13.1. The van der Waals surface area contributed by atoms with Gasteiger partial charge in [0.25, 0.3) is 0 Å². The first kappa shape index (κ1) is 84.5. The van der Waals surface area contributed by atoms with Gasteiger partial charge in [0.1, 0.15) is 13.2 Å². The number of quaternary nitrogens is 1. The number of amides is 1. The van der Waals surface area contributed by atoms with Gasteiger partial charge in [-0.15, -0.1) is 0 Å². The number of phosphoric acid groups is 1. The van der Waals surface area contributed by atoms with Crippen LogP contribution in [0.15, 0.2) is 48.6 Å². The zero-order valence-electron chi connectivity index (χ0n) is 58.3. The van der Waals surface area contributed by atoms with E-state index in [-0.39, 0.29) is 19.1 Å². The Hall–Kier alpha value is -1.54. The minimum Gasteiger partial charge on any atom is -0.387 e. The number of hydrogen-bond donors (Lipinski definition) is 3. The molecule has 0 aromatic rings. The monoisotopic (exact) mass is 1230 g/mol. The fourth-order valence-corrected chi connectivity index (χ4v) is 12.3. The van der Waals surface area contributed by atoms with E-state index in [0.717, 1.165) is 44.9 Å². The lowest BCUT2D eigenvalue weighted by Crippen LogP contribution is -2.45. The molecule has 508 valence electrons. The standard InChI is InChI=1S/C77H149N2O6P/c1-6-8-10-12-14-16-18-20-22-24-26-28-30-32-34-36-38-39-41-43-45-47-49-51-53-55-57-59-61-63-65-67-69-71-77(81)78-75(74-85-86(82,83)84-73-72-79(3,4)5)76(80)70-68-66-64-62-60-58-56-54-52-50-48-46-44-42-40-37-35-33-31-29-27-25-23-21-19-17-15-13-11-9-7-2/h24,26,52,54,60,62,68,70,75-76,80H,6-23,25,27-51,53,55-59,61,63-67,69,71-74H2,1-5H3,(H-,78,81,82,83)/p+1/b26-24-,54-52+,62-60+,70-68+. The zero-order chi connectivity index (χ0) is 62.6. The highest BCUT2D eigenvalue weighted by Gasteiger charge is 2.28. The van der Waals surface area contributed by atoms with Crippen LogP contribution < -0.4 is 5.32 Å². The van der Waals surface area contributed by atoms with Crippen molar-refractivity contribution in [2.24, 2.45) is 0 Å². The molecule has 3 N–H and O–H groups in total. The van der Waals surface area contributed by atoms with Gasteiger partial charge in [-0.3, -0.25) is 13.8 Å². The Labute approximate surface area is 537 Å². The Kier molecular flexibility index (Phi) is 66.6. The lowest BCUT2D eigenvalue weighted by Gasteiger charge is -2.25. The van der Waals surface area contributed by atoms with Crippen molar-refractivity contribution in [1.82, 2.24) is 5.32 Å². The SMILES string of the molecule is CCCCCCCCCC/C=C\CCCCCCCCCCCCCCCCCCCCCCCC(=O)NC(COP(=O)(O)OCC[N+](C)(C)C)C(O)/C=C/CC/C=C/CC/C=C/CCCCCCCCCCCCCCCCCCCCCCC. The molecular weight excluding hydrogens is 1080 g/mol. The van der Waals surface area contributed by atoms with Crippen molar-refractivity contribution >= 4 is 13.7 Å². The molecule has 0 aromatic carbocycles. The van der Waals surface area contributed by atoms with Gasteiger partial charge in [-0.25, -0.2) is 4.57 Å². The second-order valence-electron chi connectivity index (χ2n) is 27.4. The van der Waals surface area contributed by atoms with Gasteiger partial charge in [-0.1, -0.05) is 358 Å². The van der Waals surface area contributed by atoms with E-state index in [4.69, 9.17) is 9.05 Å². The third-order valence-electron chi connectivity index (χ3n) is 17.5. The number of likely N-dealkylation sites (N-methyl/N-ethyl adjacent to an activating group) is 1. The molecule has 0 aromatic heterocycles. The van der Waals surface area contributed by atoms with Crippen molar-refractivity contribution < 1.29 is 32.9 Å². The lowest BCUT2D eigenvalue weighted by molar-refractivity contribution is -0.870. The van der Waals surface area contributed by atoms with Crippen molar-refractivity contribution in [3.05, 3.63) is 48.6 Å². The average Bonchev–Trinajstić information content (AvgIpc) is 3.70. The minimum absolute atomic E-state index is 0.0546. The number of phosphoric ester groups is 1. The summed E-state index contributed by atoms with van der Waals surface area (Å²) in [5.74, 6) is -0.184. The van der Waals surface area contributed by atoms with Crippen LogP contribution in [-0.4, -0.2) is 73.4 Å². The predicted molar refractivity (Wildman–Crippen MR) is 378 cm³/mol. The predicted octanol–water partition coefficient (Wildman–Crippen LogP) is 24.6. The molecule has 0 radical (unpaired) electrons. The van der Waals surface area contributed by atoms with E-state index in [2.05, 4.69) is 55.6 Å². The summed E-state index contributed by atoms with van der Waals surface area (Å²) in [6.45, 7) is 4.85. The van der Waals surface area contributed by atoms with Crippen molar-refractivity contribution in [3.8, 4) is 0 Å². The number of hydrogen-bond acceptors (Lipinski definition) is 5. The third kappa shape index (κ3) is 69.9. The van der Waals surface area contributed by atoms with Crippen LogP contribution in [0.3, 0.4) is 0 Å². The lowest BCUT2D eigenvalue weighted by atomic mass is 10.0. The van der Waals surface area contributed by atoms with Gasteiger partial charge < -0.3 is 19.8 Å². The summed E-state index contributed by atoms with van der Waals surface area (Å²) in [7, 11) is 1.56. The van der Waals surface area contributed by atoms with Crippen LogP contribution in [0, 0.1) is 0 Å². The van der Waals surface area contributed by atoms with Gasteiger partial charge in [-0.2, -0.15) is 0 Å². The highest BCUT2D eigenvalue weighted by molar-refractivity contribution is 7.47. The number of aliphatic hydroxyl groups is 1. The molecule has 0 saturated carbocycles. The molecule has 86 heavy (non-hydrogen) atoms. The summed E-state index contributed by atoms with van der Waals surface area (Å²) >= 11 is 0. The Bertz CT molecular complexity index is 1540. The van der Waals surface area contributed by atoms with E-state index in [1.54, 1.807) is 6.08 Å².